The first kappa shape index (κ1) is 17.7. The summed E-state index contributed by atoms with van der Waals surface area (Å²) in [6, 6.07) is 12.6. The summed E-state index contributed by atoms with van der Waals surface area (Å²) >= 11 is 1.46. The van der Waals surface area contributed by atoms with Gasteiger partial charge in [0.1, 0.15) is 11.6 Å². The summed E-state index contributed by atoms with van der Waals surface area (Å²) in [7, 11) is 2.06. The lowest BCUT2D eigenvalue weighted by atomic mass is 10.0. The van der Waals surface area contributed by atoms with E-state index in [9.17, 15) is 9.18 Å². The number of hydrogen-bond donors (Lipinski definition) is 0. The van der Waals surface area contributed by atoms with Crippen LogP contribution in [-0.2, 0) is 4.79 Å². The second-order valence-corrected chi connectivity index (χ2v) is 7.20. The topological polar surface area (TPSA) is 36.4 Å². The Morgan fingerprint density at radius 2 is 1.96 bits per heavy atom. The number of hydrogen-bond acceptors (Lipinski definition) is 4. The van der Waals surface area contributed by atoms with Crippen molar-refractivity contribution in [3.8, 4) is 0 Å². The van der Waals surface area contributed by atoms with Crippen LogP contribution in [-0.4, -0.2) is 47.7 Å². The van der Waals surface area contributed by atoms with E-state index in [-0.39, 0.29) is 11.7 Å². The Bertz CT molecular complexity index is 688. The Labute approximate surface area is 152 Å². The van der Waals surface area contributed by atoms with Gasteiger partial charge in [-0.1, -0.05) is 6.07 Å². The van der Waals surface area contributed by atoms with Crippen molar-refractivity contribution < 1.29 is 9.18 Å². The Hall–Kier alpha value is -2.08. The van der Waals surface area contributed by atoms with Gasteiger partial charge in [0.2, 0.25) is 5.91 Å². The van der Waals surface area contributed by atoms with Crippen LogP contribution in [0.2, 0.25) is 0 Å². The molecule has 0 aliphatic carbocycles. The quantitative estimate of drug-likeness (QED) is 0.767. The van der Waals surface area contributed by atoms with E-state index in [1.54, 1.807) is 18.3 Å². The number of rotatable bonds is 5. The lowest BCUT2D eigenvalue weighted by molar-refractivity contribution is -0.129. The molecule has 1 aromatic heterocycles. The number of likely N-dealkylation sites (tertiary alicyclic amines) is 1. The van der Waals surface area contributed by atoms with Gasteiger partial charge in [-0.3, -0.25) is 4.79 Å². The molecule has 3 rings (SSSR count). The van der Waals surface area contributed by atoms with E-state index in [1.807, 2.05) is 23.1 Å². The fourth-order valence-electron chi connectivity index (χ4n) is 3.02. The van der Waals surface area contributed by atoms with E-state index >= 15 is 0 Å². The molecule has 2 heterocycles. The fraction of sp³-hybridized carbons (Fsp3) is 0.368. The zero-order valence-corrected chi connectivity index (χ0v) is 15.1. The van der Waals surface area contributed by atoms with Crippen molar-refractivity contribution in [2.75, 3.05) is 30.8 Å². The van der Waals surface area contributed by atoms with Crippen LogP contribution >= 0.6 is 11.8 Å². The maximum absolute atomic E-state index is 12.9. The van der Waals surface area contributed by atoms with Gasteiger partial charge in [0.15, 0.2) is 0 Å². The molecule has 4 nitrogen and oxygen atoms in total. The molecule has 0 unspecified atom stereocenters. The number of amides is 1. The van der Waals surface area contributed by atoms with Crippen LogP contribution in [0.15, 0.2) is 53.6 Å². The van der Waals surface area contributed by atoms with Crippen molar-refractivity contribution in [3.05, 3.63) is 54.5 Å². The number of benzene rings is 1. The van der Waals surface area contributed by atoms with Gasteiger partial charge in [-0.05, 0) is 49.2 Å². The first-order valence-electron chi connectivity index (χ1n) is 8.43. The molecule has 0 atom stereocenters. The molecular formula is C19H22FN3OS. The van der Waals surface area contributed by atoms with Crippen molar-refractivity contribution in [1.29, 1.82) is 0 Å². The Kier molecular flexibility index (Phi) is 5.91. The molecule has 132 valence electrons. The summed E-state index contributed by atoms with van der Waals surface area (Å²) in [5, 5.41) is 0. The van der Waals surface area contributed by atoms with Crippen molar-refractivity contribution in [1.82, 2.24) is 9.88 Å². The molecule has 25 heavy (non-hydrogen) atoms. The molecule has 1 aliphatic heterocycles. The van der Waals surface area contributed by atoms with Gasteiger partial charge in [0, 0.05) is 37.3 Å². The predicted octanol–water partition coefficient (Wildman–Crippen LogP) is 3.44. The molecule has 1 saturated heterocycles. The van der Waals surface area contributed by atoms with Crippen LogP contribution in [0.3, 0.4) is 0 Å². The summed E-state index contributed by atoms with van der Waals surface area (Å²) in [5.41, 5.74) is 0. The first-order valence-corrected chi connectivity index (χ1v) is 9.42. The van der Waals surface area contributed by atoms with Gasteiger partial charge in [0.05, 0.1) is 5.75 Å². The number of halogens is 1. The molecule has 1 amide bonds. The normalized spacial score (nSPS) is 15.2. The molecule has 6 heteroatoms. The van der Waals surface area contributed by atoms with Gasteiger partial charge >= 0.3 is 0 Å². The molecule has 1 aromatic carbocycles. The van der Waals surface area contributed by atoms with Crippen LogP contribution < -0.4 is 4.90 Å². The maximum atomic E-state index is 12.9. The van der Waals surface area contributed by atoms with Crippen LogP contribution in [0.25, 0.3) is 0 Å². The Morgan fingerprint density at radius 1 is 1.24 bits per heavy atom. The van der Waals surface area contributed by atoms with Gasteiger partial charge in [0.25, 0.3) is 0 Å². The largest absolute Gasteiger partial charge is 0.357 e. The van der Waals surface area contributed by atoms with Crippen LogP contribution in [0.5, 0.6) is 0 Å². The third-order valence-electron chi connectivity index (χ3n) is 4.55. The lowest BCUT2D eigenvalue weighted by Gasteiger charge is -2.37. The van der Waals surface area contributed by atoms with E-state index in [0.717, 1.165) is 36.6 Å². The summed E-state index contributed by atoms with van der Waals surface area (Å²) in [6.45, 7) is 1.54. The molecule has 0 saturated carbocycles. The lowest BCUT2D eigenvalue weighted by Crippen LogP contribution is -2.46. The number of pyridine rings is 1. The summed E-state index contributed by atoms with van der Waals surface area (Å²) in [5.74, 6) is 1.26. The third-order valence-corrected chi connectivity index (χ3v) is 5.55. The highest BCUT2D eigenvalue weighted by atomic mass is 32.2. The minimum Gasteiger partial charge on any atom is -0.357 e. The molecule has 1 aliphatic rings. The zero-order chi connectivity index (χ0) is 17.6. The minimum atomic E-state index is -0.255. The maximum Gasteiger partial charge on any atom is 0.232 e. The highest BCUT2D eigenvalue weighted by molar-refractivity contribution is 8.00. The Balaban J connectivity index is 1.46. The predicted molar refractivity (Wildman–Crippen MR) is 99.4 cm³/mol. The van der Waals surface area contributed by atoms with Crippen molar-refractivity contribution in [2.24, 2.45) is 0 Å². The SMILES string of the molecule is CN(c1ccccn1)C1CCN(C(=O)CSc2ccc(F)cc2)CC1. The highest BCUT2D eigenvalue weighted by Gasteiger charge is 2.25. The standard InChI is InChI=1S/C19H22FN3OS/c1-22(18-4-2-3-11-21-18)16-9-12-23(13-10-16)19(24)14-25-17-7-5-15(20)6-8-17/h2-8,11,16H,9-10,12-14H2,1H3. The number of thioether (sulfide) groups is 1. The second-order valence-electron chi connectivity index (χ2n) is 6.15. The average molecular weight is 359 g/mol. The van der Waals surface area contributed by atoms with Gasteiger partial charge in [-0.15, -0.1) is 11.8 Å². The van der Waals surface area contributed by atoms with Crippen molar-refractivity contribution in [2.45, 2.75) is 23.8 Å². The Morgan fingerprint density at radius 3 is 2.60 bits per heavy atom. The molecule has 0 spiro atoms. The second kappa shape index (κ2) is 8.34. The monoisotopic (exact) mass is 359 g/mol. The number of piperidine rings is 1. The molecule has 1 fully saturated rings. The van der Waals surface area contributed by atoms with Gasteiger partial charge in [-0.25, -0.2) is 9.37 Å². The summed E-state index contributed by atoms with van der Waals surface area (Å²) < 4.78 is 12.9. The molecule has 0 radical (unpaired) electrons. The fourth-order valence-corrected chi connectivity index (χ4v) is 3.82. The smallest absolute Gasteiger partial charge is 0.232 e. The van der Waals surface area contributed by atoms with Crippen molar-refractivity contribution in [3.63, 3.8) is 0 Å². The number of carbonyl (C=O) groups excluding carboxylic acids is 1. The zero-order valence-electron chi connectivity index (χ0n) is 14.3. The number of nitrogens with zero attached hydrogens (tertiary/aromatic N) is 3. The van der Waals surface area contributed by atoms with Crippen LogP contribution in [0, 0.1) is 5.82 Å². The van der Waals surface area contributed by atoms with E-state index in [4.69, 9.17) is 0 Å². The number of anilines is 1. The summed E-state index contributed by atoms with van der Waals surface area (Å²) in [6.07, 6.45) is 3.69. The van der Waals surface area contributed by atoms with Crippen molar-refractivity contribution >= 4 is 23.5 Å². The molecule has 2 aromatic rings. The third kappa shape index (κ3) is 4.72. The summed E-state index contributed by atoms with van der Waals surface area (Å²) in [4.78, 5) is 21.8. The van der Waals surface area contributed by atoms with E-state index in [1.165, 1.54) is 23.9 Å². The van der Waals surface area contributed by atoms with E-state index in [2.05, 4.69) is 16.9 Å². The van der Waals surface area contributed by atoms with Gasteiger partial charge in [-0.2, -0.15) is 0 Å². The molecule has 0 N–H and O–H groups in total. The van der Waals surface area contributed by atoms with Crippen LogP contribution in [0.4, 0.5) is 10.2 Å². The van der Waals surface area contributed by atoms with Crippen LogP contribution in [0.1, 0.15) is 12.8 Å². The van der Waals surface area contributed by atoms with Gasteiger partial charge < -0.3 is 9.80 Å². The molecular weight excluding hydrogens is 337 g/mol. The number of aromatic nitrogens is 1. The average Bonchev–Trinajstić information content (AvgIpc) is 2.67. The minimum absolute atomic E-state index is 0.147. The van der Waals surface area contributed by atoms with E-state index in [0.29, 0.717) is 11.8 Å². The highest BCUT2D eigenvalue weighted by Crippen LogP contribution is 2.22. The molecule has 0 bridgehead atoms. The first-order chi connectivity index (χ1) is 12.1. The van der Waals surface area contributed by atoms with E-state index < -0.39 is 0 Å². The number of carbonyl (C=O) groups is 1.